The van der Waals surface area contributed by atoms with Crippen LogP contribution in [-0.2, 0) is 9.84 Å². The molecule has 1 heterocycles. The molecule has 0 radical (unpaired) electrons. The summed E-state index contributed by atoms with van der Waals surface area (Å²) in [4.78, 5) is 7.84. The Hall–Kier alpha value is -1.66. The molecule has 0 amide bonds. The Morgan fingerprint density at radius 3 is 2.52 bits per heavy atom. The molecule has 21 heavy (non-hydrogen) atoms. The quantitative estimate of drug-likeness (QED) is 0.858. The number of hydrogen-bond donors (Lipinski definition) is 2. The highest BCUT2D eigenvalue weighted by molar-refractivity contribution is 7.90. The number of sulfone groups is 1. The maximum absolute atomic E-state index is 11.4. The molecule has 1 aromatic heterocycles. The van der Waals surface area contributed by atoms with Crippen molar-refractivity contribution in [1.82, 2.24) is 9.97 Å². The first-order chi connectivity index (χ1) is 9.91. The molecule has 6 heteroatoms. The van der Waals surface area contributed by atoms with Crippen LogP contribution in [0.1, 0.15) is 38.1 Å². The third kappa shape index (κ3) is 3.92. The summed E-state index contributed by atoms with van der Waals surface area (Å²) >= 11 is 0. The summed E-state index contributed by atoms with van der Waals surface area (Å²) < 4.78 is 22.9. The van der Waals surface area contributed by atoms with E-state index in [9.17, 15) is 8.42 Å². The molecule has 0 spiro atoms. The van der Waals surface area contributed by atoms with Gasteiger partial charge in [-0.15, -0.1) is 0 Å². The lowest BCUT2D eigenvalue weighted by atomic mass is 10.1. The van der Waals surface area contributed by atoms with E-state index in [2.05, 4.69) is 16.9 Å². The van der Waals surface area contributed by atoms with Crippen molar-refractivity contribution in [2.45, 2.75) is 37.1 Å². The normalized spacial score (nSPS) is 13.3. The third-order valence-corrected chi connectivity index (χ3v) is 4.54. The number of aromatic amines is 1. The fourth-order valence-electron chi connectivity index (χ4n) is 2.11. The fraction of sp³-hybridized carbons (Fsp3) is 0.400. The van der Waals surface area contributed by atoms with Gasteiger partial charge < -0.3 is 10.7 Å². The summed E-state index contributed by atoms with van der Waals surface area (Å²) in [5.41, 5.74) is 7.82. The van der Waals surface area contributed by atoms with Crippen molar-refractivity contribution in [2.24, 2.45) is 5.73 Å². The van der Waals surface area contributed by atoms with Gasteiger partial charge in [-0.25, -0.2) is 13.4 Å². The number of benzene rings is 1. The SMILES string of the molecule is CCCCC(N)c1ncc(-c2ccc(S(C)(=O)=O)cc2)[nH]1. The number of rotatable bonds is 6. The summed E-state index contributed by atoms with van der Waals surface area (Å²) in [7, 11) is -3.17. The molecule has 1 unspecified atom stereocenters. The van der Waals surface area contributed by atoms with Crippen molar-refractivity contribution >= 4 is 9.84 Å². The van der Waals surface area contributed by atoms with Crippen molar-refractivity contribution in [1.29, 1.82) is 0 Å². The molecule has 0 saturated heterocycles. The van der Waals surface area contributed by atoms with Crippen LogP contribution in [0.2, 0.25) is 0 Å². The van der Waals surface area contributed by atoms with Crippen LogP contribution in [0, 0.1) is 0 Å². The minimum absolute atomic E-state index is 0.0889. The number of H-pyrrole nitrogens is 1. The monoisotopic (exact) mass is 307 g/mol. The van der Waals surface area contributed by atoms with Crippen molar-refractivity contribution in [3.05, 3.63) is 36.3 Å². The van der Waals surface area contributed by atoms with Crippen LogP contribution in [0.5, 0.6) is 0 Å². The van der Waals surface area contributed by atoms with E-state index in [-0.39, 0.29) is 6.04 Å². The number of nitrogens with one attached hydrogen (secondary N) is 1. The largest absolute Gasteiger partial charge is 0.341 e. The first-order valence-electron chi connectivity index (χ1n) is 7.02. The molecule has 0 aliphatic carbocycles. The lowest BCUT2D eigenvalue weighted by Gasteiger charge is -2.07. The molecule has 1 aromatic carbocycles. The van der Waals surface area contributed by atoms with Gasteiger partial charge in [-0.2, -0.15) is 0 Å². The molecule has 0 saturated carbocycles. The molecule has 0 aliphatic heterocycles. The second-order valence-electron chi connectivity index (χ2n) is 5.23. The van der Waals surface area contributed by atoms with Gasteiger partial charge in [0.25, 0.3) is 0 Å². The highest BCUT2D eigenvalue weighted by Crippen LogP contribution is 2.22. The van der Waals surface area contributed by atoms with Crippen molar-refractivity contribution in [2.75, 3.05) is 6.26 Å². The van der Waals surface area contributed by atoms with E-state index in [1.807, 2.05) is 0 Å². The highest BCUT2D eigenvalue weighted by atomic mass is 32.2. The van der Waals surface area contributed by atoms with Crippen molar-refractivity contribution < 1.29 is 8.42 Å². The molecule has 2 aromatic rings. The third-order valence-electron chi connectivity index (χ3n) is 3.41. The minimum Gasteiger partial charge on any atom is -0.341 e. The zero-order valence-corrected chi connectivity index (χ0v) is 13.2. The van der Waals surface area contributed by atoms with Gasteiger partial charge in [0.15, 0.2) is 9.84 Å². The Labute approximate surface area is 125 Å². The second kappa shape index (κ2) is 6.41. The van der Waals surface area contributed by atoms with Gasteiger partial charge in [-0.3, -0.25) is 0 Å². The molecule has 2 rings (SSSR count). The van der Waals surface area contributed by atoms with Crippen LogP contribution >= 0.6 is 0 Å². The van der Waals surface area contributed by atoms with Crippen LogP contribution in [0.4, 0.5) is 0 Å². The van der Waals surface area contributed by atoms with Gasteiger partial charge in [0, 0.05) is 6.26 Å². The average Bonchev–Trinajstić information content (AvgIpc) is 2.94. The van der Waals surface area contributed by atoms with E-state index in [0.29, 0.717) is 4.90 Å². The molecule has 114 valence electrons. The van der Waals surface area contributed by atoms with E-state index < -0.39 is 9.84 Å². The summed E-state index contributed by atoms with van der Waals surface area (Å²) in [6, 6.07) is 6.65. The molecule has 1 atom stereocenters. The average molecular weight is 307 g/mol. The van der Waals surface area contributed by atoms with Gasteiger partial charge >= 0.3 is 0 Å². The Kier molecular flexibility index (Phi) is 4.80. The van der Waals surface area contributed by atoms with Gasteiger partial charge in [0.2, 0.25) is 0 Å². The lowest BCUT2D eigenvalue weighted by molar-refractivity contribution is 0.580. The van der Waals surface area contributed by atoms with Crippen LogP contribution in [-0.4, -0.2) is 24.6 Å². The van der Waals surface area contributed by atoms with Crippen LogP contribution in [0.3, 0.4) is 0 Å². The Morgan fingerprint density at radius 1 is 1.29 bits per heavy atom. The maximum Gasteiger partial charge on any atom is 0.175 e. The van der Waals surface area contributed by atoms with Gasteiger partial charge in [0.1, 0.15) is 5.82 Å². The van der Waals surface area contributed by atoms with E-state index in [1.165, 1.54) is 6.26 Å². The lowest BCUT2D eigenvalue weighted by Crippen LogP contribution is -2.11. The predicted molar refractivity (Wildman–Crippen MR) is 83.6 cm³/mol. The molecular formula is C15H21N3O2S. The van der Waals surface area contributed by atoms with Crippen LogP contribution in [0.25, 0.3) is 11.3 Å². The summed E-state index contributed by atoms with van der Waals surface area (Å²) in [6.07, 6.45) is 6.00. The number of hydrogen-bond acceptors (Lipinski definition) is 4. The number of nitrogens with two attached hydrogens (primary N) is 1. The first-order valence-corrected chi connectivity index (χ1v) is 8.92. The van der Waals surface area contributed by atoms with E-state index >= 15 is 0 Å². The van der Waals surface area contributed by atoms with Gasteiger partial charge in [-0.1, -0.05) is 31.9 Å². The number of nitrogens with zero attached hydrogens (tertiary/aromatic N) is 1. The number of imidazole rings is 1. The molecule has 3 N–H and O–H groups in total. The maximum atomic E-state index is 11.4. The van der Waals surface area contributed by atoms with E-state index in [4.69, 9.17) is 5.73 Å². The number of unbranched alkanes of at least 4 members (excludes halogenated alkanes) is 1. The second-order valence-corrected chi connectivity index (χ2v) is 7.24. The first kappa shape index (κ1) is 15.7. The Balaban J connectivity index is 2.18. The summed E-state index contributed by atoms with van der Waals surface area (Å²) in [6.45, 7) is 2.13. The molecule has 5 nitrogen and oxygen atoms in total. The molecule has 0 fully saturated rings. The Bertz CT molecular complexity index is 690. The smallest absolute Gasteiger partial charge is 0.175 e. The molecular weight excluding hydrogens is 286 g/mol. The molecule has 0 aliphatic rings. The number of aromatic nitrogens is 2. The van der Waals surface area contributed by atoms with Gasteiger partial charge in [-0.05, 0) is 24.1 Å². The Morgan fingerprint density at radius 2 is 1.95 bits per heavy atom. The topological polar surface area (TPSA) is 88.8 Å². The molecule has 0 bridgehead atoms. The minimum atomic E-state index is -3.17. The van der Waals surface area contributed by atoms with Crippen LogP contribution < -0.4 is 5.73 Å². The fourth-order valence-corrected chi connectivity index (χ4v) is 2.74. The van der Waals surface area contributed by atoms with E-state index in [1.54, 1.807) is 30.5 Å². The highest BCUT2D eigenvalue weighted by Gasteiger charge is 2.11. The predicted octanol–water partition coefficient (Wildman–Crippen LogP) is 2.67. The summed E-state index contributed by atoms with van der Waals surface area (Å²) in [5, 5.41) is 0. The van der Waals surface area contributed by atoms with Gasteiger partial charge in [0.05, 0.1) is 22.8 Å². The van der Waals surface area contributed by atoms with Crippen molar-refractivity contribution in [3.8, 4) is 11.3 Å². The van der Waals surface area contributed by atoms with Crippen molar-refractivity contribution in [3.63, 3.8) is 0 Å². The zero-order chi connectivity index (χ0) is 15.5. The van der Waals surface area contributed by atoms with Crippen LogP contribution in [0.15, 0.2) is 35.4 Å². The standard InChI is InChI=1S/C15H21N3O2S/c1-3-4-5-13(16)15-17-10-14(18-15)11-6-8-12(9-7-11)21(2,19)20/h6-10,13H,3-5,16H2,1-2H3,(H,17,18). The van der Waals surface area contributed by atoms with E-state index in [0.717, 1.165) is 36.3 Å². The summed E-state index contributed by atoms with van der Waals surface area (Å²) in [5.74, 6) is 0.769. The zero-order valence-electron chi connectivity index (χ0n) is 12.3.